The van der Waals surface area contributed by atoms with Gasteiger partial charge in [0.15, 0.2) is 5.82 Å². The van der Waals surface area contributed by atoms with Gasteiger partial charge in [0, 0.05) is 48.7 Å². The van der Waals surface area contributed by atoms with Gasteiger partial charge in [0.2, 0.25) is 29.1 Å². The van der Waals surface area contributed by atoms with Gasteiger partial charge in [0.25, 0.3) is 0 Å². The van der Waals surface area contributed by atoms with E-state index in [0.717, 1.165) is 104 Å². The SMILES string of the molecule is CC1(C)OB(c2ccc(C(c3ccccc3)(c3ccccc3)c3ccccc3)cc2)OC1(C)C.Clc1nc(-n2c3ccccc3c3ccccc32)nc(-n2c3ccccc3c3ccccc32)n1.c1ccc(C(c2ccccc2)(c2ccccc2)c2ccc(-c3nc(-n4c5ccccc5c5ccccc54)nc(-n4c5ccccc5c5ccccc54)n3)cc2)cc1. The molecule has 0 amide bonds. The van der Waals surface area contributed by atoms with Gasteiger partial charge in [-0.25, -0.2) is 0 Å². The summed E-state index contributed by atoms with van der Waals surface area (Å²) in [5.41, 5.74) is 18.1. The first-order valence-electron chi connectivity index (χ1n) is 41.9. The lowest BCUT2D eigenvalue weighted by molar-refractivity contribution is 0.00578. The van der Waals surface area contributed by atoms with E-state index in [1.807, 2.05) is 48.5 Å². The molecule has 594 valence electrons. The van der Waals surface area contributed by atoms with Gasteiger partial charge in [-0.1, -0.05) is 376 Å². The van der Waals surface area contributed by atoms with Crippen molar-refractivity contribution in [1.29, 1.82) is 0 Å². The van der Waals surface area contributed by atoms with Crippen LogP contribution in [0, 0.1) is 0 Å². The first kappa shape index (κ1) is 76.4. The number of hydrogen-bond acceptors (Lipinski definition) is 8. The number of hydrogen-bond donors (Lipinski definition) is 0. The summed E-state index contributed by atoms with van der Waals surface area (Å²) in [7, 11) is -0.376. The summed E-state index contributed by atoms with van der Waals surface area (Å²) in [5.74, 6) is 2.69. The van der Waals surface area contributed by atoms with E-state index in [1.165, 1.54) is 38.9 Å². The van der Waals surface area contributed by atoms with Crippen molar-refractivity contribution in [2.75, 3.05) is 0 Å². The third kappa shape index (κ3) is 13.0. The molecule has 1 aliphatic rings. The number of nitrogens with zero attached hydrogens (tertiary/aromatic N) is 10. The van der Waals surface area contributed by atoms with Crippen molar-refractivity contribution < 1.29 is 9.31 Å². The molecule has 0 atom stereocenters. The molecule has 0 N–H and O–H groups in total. The van der Waals surface area contributed by atoms with Crippen LogP contribution in [0.15, 0.2) is 425 Å². The average molecular weight is 1620 g/mol. The zero-order valence-corrected chi connectivity index (χ0v) is 69.4. The molecular weight excluding hydrogens is 1540 g/mol. The monoisotopic (exact) mass is 1620 g/mol. The second kappa shape index (κ2) is 31.5. The number of aromatic nitrogens is 10. The summed E-state index contributed by atoms with van der Waals surface area (Å²) < 4.78 is 21.1. The van der Waals surface area contributed by atoms with Crippen LogP contribution in [-0.4, -0.2) is 66.5 Å². The highest BCUT2D eigenvalue weighted by molar-refractivity contribution is 6.62. The van der Waals surface area contributed by atoms with Gasteiger partial charge in [-0.05, 0) is 138 Å². The zero-order chi connectivity index (χ0) is 83.5. The molecule has 0 saturated carbocycles. The fraction of sp³-hybridized carbons (Fsp3) is 0.0727. The maximum atomic E-state index is 6.50. The fourth-order valence-electron chi connectivity index (χ4n) is 18.6. The summed E-state index contributed by atoms with van der Waals surface area (Å²) in [6, 6.07) is 149. The molecule has 1 aliphatic heterocycles. The highest BCUT2D eigenvalue weighted by Crippen LogP contribution is 2.49. The standard InChI is InChI=1S/C52H35N5.C31H31BO2.C27H16ClN5/c1-4-18-37(19-5-1)52(38-20-6-2-7-21-38,39-22-8-3-9-23-39)40-34-32-36(33-35-40)49-53-50(56-45-28-14-10-24-41(45)42-25-11-15-29-46(42)56)55-51(54-49)57-47-30-16-12-26-43(47)44-27-13-17-31-48(44)57;1-29(2)30(3,4)34-32(33-29)28-22-20-27(21-23-28)31(24-14-8-5-9-15-24,25-16-10-6-11-17-25)26-18-12-7-13-19-26;28-25-29-26(32-21-13-5-1-9-17(21)18-10-2-6-14-22(18)32)31-27(30-25)33-23-15-7-3-11-19(23)20-12-4-8-16-24(20)33/h1-35H;5-23H,1-4H3;1-16H. The maximum absolute atomic E-state index is 6.50. The quantitative estimate of drug-likeness (QED) is 0.0781. The topological polar surface area (TPSA) is 116 Å². The molecule has 16 aromatic carbocycles. The first-order valence-corrected chi connectivity index (χ1v) is 42.3. The van der Waals surface area contributed by atoms with Crippen molar-refractivity contribution in [3.63, 3.8) is 0 Å². The minimum atomic E-state index is -0.566. The summed E-state index contributed by atoms with van der Waals surface area (Å²) in [6.45, 7) is 8.36. The molecule has 7 heterocycles. The van der Waals surface area contributed by atoms with Crippen molar-refractivity contribution in [2.24, 2.45) is 0 Å². The Labute approximate surface area is 723 Å². The van der Waals surface area contributed by atoms with E-state index in [0.29, 0.717) is 29.6 Å². The Morgan fingerprint density at radius 1 is 0.226 bits per heavy atom. The van der Waals surface area contributed by atoms with E-state index in [1.54, 1.807) is 0 Å². The number of benzene rings is 16. The van der Waals surface area contributed by atoms with Crippen LogP contribution >= 0.6 is 11.6 Å². The molecule has 0 radical (unpaired) electrons. The smallest absolute Gasteiger partial charge is 0.399 e. The Kier molecular flexibility index (Phi) is 19.4. The van der Waals surface area contributed by atoms with E-state index < -0.39 is 10.8 Å². The third-order valence-corrected chi connectivity index (χ3v) is 25.2. The third-order valence-electron chi connectivity index (χ3n) is 25.0. The van der Waals surface area contributed by atoms with Crippen LogP contribution < -0.4 is 5.46 Å². The zero-order valence-electron chi connectivity index (χ0n) is 68.7. The van der Waals surface area contributed by atoms with Gasteiger partial charge >= 0.3 is 7.12 Å². The summed E-state index contributed by atoms with van der Waals surface area (Å²) in [4.78, 5) is 30.0. The minimum absolute atomic E-state index is 0.152. The molecule has 0 unspecified atom stereocenters. The van der Waals surface area contributed by atoms with Crippen LogP contribution in [0.2, 0.25) is 5.28 Å². The van der Waals surface area contributed by atoms with Gasteiger partial charge in [-0.2, -0.15) is 29.9 Å². The Balaban J connectivity index is 0.000000121. The number of rotatable bonds is 14. The molecule has 6 aromatic heterocycles. The predicted molar refractivity (Wildman–Crippen MR) is 506 cm³/mol. The largest absolute Gasteiger partial charge is 0.494 e. The molecule has 12 nitrogen and oxygen atoms in total. The van der Waals surface area contributed by atoms with E-state index in [9.17, 15) is 0 Å². The molecule has 23 rings (SSSR count). The highest BCUT2D eigenvalue weighted by atomic mass is 35.5. The van der Waals surface area contributed by atoms with E-state index >= 15 is 0 Å². The molecule has 22 aromatic rings. The minimum Gasteiger partial charge on any atom is -0.399 e. The molecule has 14 heteroatoms. The fourth-order valence-corrected chi connectivity index (χ4v) is 18.8. The molecule has 0 spiro atoms. The summed E-state index contributed by atoms with van der Waals surface area (Å²) >= 11 is 6.50. The Hall–Kier alpha value is -15.0. The van der Waals surface area contributed by atoms with Crippen LogP contribution in [0.5, 0.6) is 0 Å². The van der Waals surface area contributed by atoms with Gasteiger partial charge in [0.05, 0.1) is 66.2 Å². The Morgan fingerprint density at radius 3 is 0.653 bits per heavy atom. The van der Waals surface area contributed by atoms with Gasteiger partial charge in [-0.3, -0.25) is 18.3 Å². The van der Waals surface area contributed by atoms with Crippen molar-refractivity contribution in [3.05, 3.63) is 474 Å². The molecule has 1 fully saturated rings. The van der Waals surface area contributed by atoms with Crippen LogP contribution in [-0.2, 0) is 20.1 Å². The number of para-hydroxylation sites is 8. The first-order chi connectivity index (χ1) is 60.9. The number of halogens is 1. The van der Waals surface area contributed by atoms with Gasteiger partial charge in [-0.15, -0.1) is 0 Å². The van der Waals surface area contributed by atoms with Gasteiger partial charge < -0.3 is 9.31 Å². The lowest BCUT2D eigenvalue weighted by Crippen LogP contribution is -2.41. The molecule has 0 bridgehead atoms. The lowest BCUT2D eigenvalue weighted by Gasteiger charge is -2.37. The Bertz CT molecular complexity index is 7010. The summed E-state index contributed by atoms with van der Waals surface area (Å²) in [6.07, 6.45) is 0. The van der Waals surface area contributed by atoms with Crippen molar-refractivity contribution >= 4 is 111 Å². The molecular formula is C110H82BClN10O2. The molecule has 124 heavy (non-hydrogen) atoms. The van der Waals surface area contributed by atoms with Gasteiger partial charge in [0.1, 0.15) is 0 Å². The maximum Gasteiger partial charge on any atom is 0.494 e. The van der Waals surface area contributed by atoms with Crippen molar-refractivity contribution in [3.8, 4) is 35.2 Å². The van der Waals surface area contributed by atoms with Crippen molar-refractivity contribution in [2.45, 2.75) is 49.7 Å². The van der Waals surface area contributed by atoms with Crippen molar-refractivity contribution in [1.82, 2.24) is 48.2 Å². The molecule has 1 saturated heterocycles. The van der Waals surface area contributed by atoms with E-state index in [4.69, 9.17) is 40.8 Å². The second-order valence-electron chi connectivity index (χ2n) is 32.4. The van der Waals surface area contributed by atoms with E-state index in [-0.39, 0.29) is 23.6 Å². The molecule has 0 aliphatic carbocycles. The van der Waals surface area contributed by atoms with Crippen LogP contribution in [0.1, 0.15) is 72.2 Å². The number of fused-ring (bicyclic) bond motifs is 12. The second-order valence-corrected chi connectivity index (χ2v) is 32.8. The van der Waals surface area contributed by atoms with Crippen LogP contribution in [0.25, 0.3) is 122 Å². The summed E-state index contributed by atoms with van der Waals surface area (Å²) in [5, 5.41) is 9.32. The van der Waals surface area contributed by atoms with Crippen LogP contribution in [0.4, 0.5) is 0 Å². The Morgan fingerprint density at radius 2 is 0.419 bits per heavy atom. The normalized spacial score (nSPS) is 13.2. The van der Waals surface area contributed by atoms with Crippen LogP contribution in [0.3, 0.4) is 0 Å². The predicted octanol–water partition coefficient (Wildman–Crippen LogP) is 25.2. The lowest BCUT2D eigenvalue weighted by atomic mass is 9.64. The average Bonchev–Trinajstić information content (AvgIpc) is 1.12. The highest BCUT2D eigenvalue weighted by Gasteiger charge is 2.52. The van der Waals surface area contributed by atoms with E-state index in [2.05, 4.69) is 432 Å².